The zero-order valence-corrected chi connectivity index (χ0v) is 36.9. The number of ketones is 1. The first kappa shape index (κ1) is 47.4. The number of fused-ring (bicyclic) bond motifs is 1. The van der Waals surface area contributed by atoms with Crippen LogP contribution in [-0.2, 0) is 61.8 Å². The monoisotopic (exact) mass is 813 g/mol. The fraction of sp³-hybridized carbons (Fsp3) is 0.905. The van der Waals surface area contributed by atoms with Crippen molar-refractivity contribution in [2.24, 2.45) is 29.6 Å². The second-order valence-electron chi connectivity index (χ2n) is 18.0. The molecule has 4 aliphatic rings. The van der Waals surface area contributed by atoms with Gasteiger partial charge in [-0.25, -0.2) is 0 Å². The number of likely N-dealkylation sites (N-methyl/N-ethyl adjacent to an activating group) is 1. The topological polar surface area (TPSA) is 175 Å². The highest BCUT2D eigenvalue weighted by molar-refractivity contribution is 5.85. The summed E-state index contributed by atoms with van der Waals surface area (Å²) in [7, 11) is 6.86. The Morgan fingerprint density at radius 3 is 2.09 bits per heavy atom. The maximum absolute atomic E-state index is 14.5. The average molecular weight is 814 g/mol. The maximum atomic E-state index is 14.5. The van der Waals surface area contributed by atoms with E-state index in [2.05, 4.69) is 0 Å². The number of aliphatic hydroxyl groups is 1. The van der Waals surface area contributed by atoms with Crippen LogP contribution in [0.1, 0.15) is 108 Å². The molecule has 0 aromatic heterocycles. The van der Waals surface area contributed by atoms with Crippen LogP contribution in [-0.4, -0.2) is 140 Å². The molecule has 15 nitrogen and oxygen atoms in total. The number of hydrogen-bond acceptors (Lipinski definition) is 15. The van der Waals surface area contributed by atoms with E-state index >= 15 is 0 Å². The minimum atomic E-state index is -1.26. The predicted octanol–water partition coefficient (Wildman–Crippen LogP) is 4.22. The third-order valence-corrected chi connectivity index (χ3v) is 13.5. The molecule has 4 saturated heterocycles. The lowest BCUT2D eigenvalue weighted by atomic mass is 9.70. The summed E-state index contributed by atoms with van der Waals surface area (Å²) in [6.45, 7) is 19.4. The minimum absolute atomic E-state index is 0.00110. The molecule has 18 atom stereocenters. The van der Waals surface area contributed by atoms with E-state index in [1.165, 1.54) is 14.0 Å². The number of cyclic esters (lactones) is 1. The molecular formula is C42H71NO14. The molecule has 4 rings (SSSR count). The van der Waals surface area contributed by atoms with E-state index in [0.29, 0.717) is 12.8 Å². The summed E-state index contributed by atoms with van der Waals surface area (Å²) in [4.78, 5) is 56.5. The van der Waals surface area contributed by atoms with Gasteiger partial charge in [-0.05, 0) is 74.9 Å². The molecule has 1 unspecified atom stereocenters. The Balaban J connectivity index is 1.91. The van der Waals surface area contributed by atoms with Gasteiger partial charge in [0.15, 0.2) is 18.7 Å². The normalized spacial score (nSPS) is 46.5. The van der Waals surface area contributed by atoms with Crippen molar-refractivity contribution in [1.29, 1.82) is 0 Å². The number of Topliss-reactive ketones (excluding diaryl/α,β-unsaturated/α-hetero) is 1. The maximum Gasteiger partial charge on any atom is 0.311 e. The third kappa shape index (κ3) is 9.88. The second-order valence-corrected chi connectivity index (χ2v) is 18.0. The van der Waals surface area contributed by atoms with E-state index in [1.54, 1.807) is 41.7 Å². The molecule has 0 radical (unpaired) electrons. The SMILES string of the molecule is CC[C@H]1OC(=O)[C@H](C)[C@@H](O[C@H]2C[C@@](C)(OC)C(O)[C@H](C)O2)[C@H](C)[C@@H](O[C@@H]2O[C@H](C)C[C@H](N(C)C)[C@H]2OC(C)=O)[C@](C)(OC)C[C@@H](C)C(=O)[C@H](C)[C@H]2CC(=O)O[C@@]21C. The number of carbonyl (C=O) groups is 4. The molecule has 1 N–H and O–H groups in total. The van der Waals surface area contributed by atoms with Crippen LogP contribution in [0.2, 0.25) is 0 Å². The van der Waals surface area contributed by atoms with Gasteiger partial charge in [0.25, 0.3) is 0 Å². The van der Waals surface area contributed by atoms with Crippen molar-refractivity contribution in [3.63, 3.8) is 0 Å². The lowest BCUT2D eigenvalue weighted by molar-refractivity contribution is -0.320. The lowest BCUT2D eigenvalue weighted by Gasteiger charge is -2.50. The molecule has 15 heteroatoms. The molecular weight excluding hydrogens is 742 g/mol. The Kier molecular flexibility index (Phi) is 15.5. The van der Waals surface area contributed by atoms with Crippen molar-refractivity contribution >= 4 is 23.7 Å². The molecule has 0 bridgehead atoms. The Bertz CT molecular complexity index is 1430. The van der Waals surface area contributed by atoms with Gasteiger partial charge in [-0.1, -0.05) is 27.7 Å². The Morgan fingerprint density at radius 1 is 0.895 bits per heavy atom. The van der Waals surface area contributed by atoms with Crippen LogP contribution in [0.25, 0.3) is 0 Å². The fourth-order valence-electron chi connectivity index (χ4n) is 9.95. The van der Waals surface area contributed by atoms with Crippen molar-refractivity contribution in [3.8, 4) is 0 Å². The molecule has 0 aromatic rings. The Hall–Kier alpha value is -2.24. The van der Waals surface area contributed by atoms with Crippen LogP contribution < -0.4 is 0 Å². The standard InChI is InChI=1S/C42H71NO14/c1-16-30-42(11)28(18-31(45)57-42)23(4)33(46)21(2)19-41(10,50-15)37(56-39-35(53-27(8)44)29(43(12)13)17-22(3)51-39)24(5)34(25(6)38(48)54-30)55-32-20-40(9,49-14)36(47)26(7)52-32/h21-26,28-30,32,34-37,39,47H,16-20H2,1-15H3/t21-,22-,23-,24+,25-,26+,28-,29+,30-,32+,34+,35-,36?,37-,39+,40-,41-,42+/m1/s1. The summed E-state index contributed by atoms with van der Waals surface area (Å²) in [5.74, 6) is -5.16. The van der Waals surface area contributed by atoms with Crippen LogP contribution in [0.3, 0.4) is 0 Å². The van der Waals surface area contributed by atoms with Crippen LogP contribution in [0.15, 0.2) is 0 Å². The molecule has 0 aliphatic carbocycles. The highest BCUT2D eigenvalue weighted by Gasteiger charge is 2.58. The van der Waals surface area contributed by atoms with Gasteiger partial charge in [-0.2, -0.15) is 0 Å². The van der Waals surface area contributed by atoms with Crippen molar-refractivity contribution < 1.29 is 66.9 Å². The van der Waals surface area contributed by atoms with Gasteiger partial charge in [0.2, 0.25) is 0 Å². The first-order chi connectivity index (χ1) is 26.5. The number of aliphatic hydroxyl groups excluding tert-OH is 1. The fourth-order valence-corrected chi connectivity index (χ4v) is 9.95. The number of ether oxygens (including phenoxy) is 9. The summed E-state index contributed by atoms with van der Waals surface area (Å²) < 4.78 is 57.0. The first-order valence-corrected chi connectivity index (χ1v) is 20.7. The molecule has 4 aliphatic heterocycles. The van der Waals surface area contributed by atoms with E-state index < -0.39 is 114 Å². The number of hydrogen-bond donors (Lipinski definition) is 1. The quantitative estimate of drug-likeness (QED) is 0.259. The van der Waals surface area contributed by atoms with Crippen molar-refractivity contribution in [2.75, 3.05) is 28.3 Å². The number of rotatable bonds is 9. The summed E-state index contributed by atoms with van der Waals surface area (Å²) in [6.07, 6.45) is -6.43. The van der Waals surface area contributed by atoms with E-state index in [0.717, 1.165) is 0 Å². The van der Waals surface area contributed by atoms with E-state index in [-0.39, 0.29) is 37.2 Å². The number of carbonyl (C=O) groups excluding carboxylic acids is 4. The van der Waals surface area contributed by atoms with Crippen LogP contribution in [0.5, 0.6) is 0 Å². The second kappa shape index (κ2) is 18.6. The van der Waals surface area contributed by atoms with Gasteiger partial charge in [-0.15, -0.1) is 0 Å². The van der Waals surface area contributed by atoms with Crippen LogP contribution in [0.4, 0.5) is 0 Å². The number of nitrogens with zero attached hydrogens (tertiary/aromatic N) is 1. The van der Waals surface area contributed by atoms with Gasteiger partial charge in [0.1, 0.15) is 23.6 Å². The number of methoxy groups -OCH3 is 2. The predicted molar refractivity (Wildman–Crippen MR) is 207 cm³/mol. The zero-order chi connectivity index (χ0) is 42.9. The summed E-state index contributed by atoms with van der Waals surface area (Å²) in [5.41, 5.74) is -3.54. The van der Waals surface area contributed by atoms with Gasteiger partial charge >= 0.3 is 17.9 Å². The molecule has 328 valence electrons. The van der Waals surface area contributed by atoms with Crippen LogP contribution in [0, 0.1) is 29.6 Å². The summed E-state index contributed by atoms with van der Waals surface area (Å²) >= 11 is 0. The van der Waals surface area contributed by atoms with Gasteiger partial charge in [0.05, 0.1) is 54.0 Å². The smallest absolute Gasteiger partial charge is 0.311 e. The van der Waals surface area contributed by atoms with Gasteiger partial charge in [0, 0.05) is 51.2 Å². The molecule has 57 heavy (non-hydrogen) atoms. The van der Waals surface area contributed by atoms with Crippen molar-refractivity contribution in [3.05, 3.63) is 0 Å². The minimum Gasteiger partial charge on any atom is -0.458 e. The summed E-state index contributed by atoms with van der Waals surface area (Å²) in [6, 6.07) is -0.264. The molecule has 0 saturated carbocycles. The van der Waals surface area contributed by atoms with E-state index in [1.807, 2.05) is 53.6 Å². The lowest BCUT2D eigenvalue weighted by Crippen LogP contribution is -2.61. The third-order valence-electron chi connectivity index (χ3n) is 13.5. The molecule has 0 spiro atoms. The van der Waals surface area contributed by atoms with E-state index in [4.69, 9.17) is 42.6 Å². The van der Waals surface area contributed by atoms with Crippen LogP contribution >= 0.6 is 0 Å². The Morgan fingerprint density at radius 2 is 1.53 bits per heavy atom. The van der Waals surface area contributed by atoms with Crippen molar-refractivity contribution in [1.82, 2.24) is 4.90 Å². The molecule has 0 aromatic carbocycles. The summed E-state index contributed by atoms with van der Waals surface area (Å²) in [5, 5.41) is 11.0. The molecule has 4 heterocycles. The number of esters is 3. The average Bonchev–Trinajstić information content (AvgIpc) is 3.46. The Labute approximate surface area is 339 Å². The largest absolute Gasteiger partial charge is 0.458 e. The zero-order valence-electron chi connectivity index (χ0n) is 36.9. The highest BCUT2D eigenvalue weighted by Crippen LogP contribution is 2.46. The molecule has 0 amide bonds. The van der Waals surface area contributed by atoms with Gasteiger partial charge < -0.3 is 52.6 Å². The van der Waals surface area contributed by atoms with Crippen molar-refractivity contribution in [2.45, 2.75) is 186 Å². The highest BCUT2D eigenvalue weighted by atomic mass is 16.7. The molecule has 4 fully saturated rings. The van der Waals surface area contributed by atoms with E-state index in [9.17, 15) is 24.3 Å². The first-order valence-electron chi connectivity index (χ1n) is 20.7. The van der Waals surface area contributed by atoms with Gasteiger partial charge in [-0.3, -0.25) is 19.2 Å².